The molecule has 90 valence electrons. The van der Waals surface area contributed by atoms with Crippen molar-refractivity contribution in [2.24, 2.45) is 0 Å². The summed E-state index contributed by atoms with van der Waals surface area (Å²) >= 11 is 3.23. The minimum Gasteiger partial charge on any atom is -0.481 e. The number of rotatable bonds is 5. The summed E-state index contributed by atoms with van der Waals surface area (Å²) in [5.41, 5.74) is 1.49. The minimum atomic E-state index is -0.907. The van der Waals surface area contributed by atoms with Gasteiger partial charge in [-0.15, -0.1) is 0 Å². The molecule has 0 aliphatic heterocycles. The van der Waals surface area contributed by atoms with E-state index >= 15 is 0 Å². The van der Waals surface area contributed by atoms with Crippen LogP contribution in [0.25, 0.3) is 0 Å². The van der Waals surface area contributed by atoms with E-state index in [1.807, 2.05) is 6.92 Å². The number of ether oxygens (including phenoxy) is 1. The van der Waals surface area contributed by atoms with Crippen LogP contribution in [0.2, 0.25) is 0 Å². The van der Waals surface area contributed by atoms with E-state index in [9.17, 15) is 10.2 Å². The van der Waals surface area contributed by atoms with Crippen molar-refractivity contribution in [3.8, 4) is 5.88 Å². The summed E-state index contributed by atoms with van der Waals surface area (Å²) < 4.78 is 4.97. The van der Waals surface area contributed by atoms with Crippen molar-refractivity contribution in [2.75, 3.05) is 12.4 Å². The van der Waals surface area contributed by atoms with Gasteiger partial charge in [-0.1, -0.05) is 15.9 Å². The second-order valence-corrected chi connectivity index (χ2v) is 4.37. The molecule has 16 heavy (non-hydrogen) atoms. The van der Waals surface area contributed by atoms with Crippen molar-refractivity contribution < 1.29 is 14.9 Å². The van der Waals surface area contributed by atoms with Gasteiger partial charge in [-0.2, -0.15) is 0 Å². The average molecular weight is 290 g/mol. The highest BCUT2D eigenvalue weighted by atomic mass is 79.9. The molecule has 0 radical (unpaired) electrons. The van der Waals surface area contributed by atoms with Gasteiger partial charge in [-0.3, -0.25) is 0 Å². The van der Waals surface area contributed by atoms with E-state index in [2.05, 4.69) is 20.9 Å². The summed E-state index contributed by atoms with van der Waals surface area (Å²) in [5.74, 6) is 0.503. The lowest BCUT2D eigenvalue weighted by Crippen LogP contribution is -2.19. The van der Waals surface area contributed by atoms with Crippen molar-refractivity contribution in [3.05, 3.63) is 23.4 Å². The SMILES string of the molecule is COc1cc(C)c(C(O)C(O)CCBr)cn1. The Labute approximate surface area is 103 Å². The van der Waals surface area contributed by atoms with Crippen LogP contribution in [-0.4, -0.2) is 33.7 Å². The summed E-state index contributed by atoms with van der Waals surface area (Å²) in [4.78, 5) is 4.02. The van der Waals surface area contributed by atoms with E-state index in [0.717, 1.165) is 5.56 Å². The van der Waals surface area contributed by atoms with E-state index in [1.54, 1.807) is 6.07 Å². The molecular weight excluding hydrogens is 274 g/mol. The number of aliphatic hydroxyl groups is 2. The summed E-state index contributed by atoms with van der Waals surface area (Å²) in [5, 5.41) is 20.2. The summed E-state index contributed by atoms with van der Waals surface area (Å²) in [6.07, 6.45) is 0.340. The van der Waals surface area contributed by atoms with Gasteiger partial charge in [0.05, 0.1) is 13.2 Å². The molecule has 2 N–H and O–H groups in total. The minimum absolute atomic E-state index is 0.493. The van der Waals surface area contributed by atoms with Crippen molar-refractivity contribution >= 4 is 15.9 Å². The molecule has 0 aromatic carbocycles. The standard InChI is InChI=1S/C11H16BrNO3/c1-7-5-10(16-2)13-6-8(7)11(15)9(14)3-4-12/h5-6,9,11,14-15H,3-4H2,1-2H3. The molecule has 0 aliphatic rings. The fraction of sp³-hybridized carbons (Fsp3) is 0.545. The fourth-order valence-electron chi connectivity index (χ4n) is 1.44. The molecule has 0 saturated carbocycles. The van der Waals surface area contributed by atoms with Crippen LogP contribution in [-0.2, 0) is 0 Å². The van der Waals surface area contributed by atoms with E-state index in [-0.39, 0.29) is 0 Å². The number of hydrogen-bond donors (Lipinski definition) is 2. The van der Waals surface area contributed by atoms with Gasteiger partial charge in [-0.25, -0.2) is 4.98 Å². The van der Waals surface area contributed by atoms with Crippen molar-refractivity contribution in [1.29, 1.82) is 0 Å². The Balaban J connectivity index is 2.87. The molecule has 2 unspecified atom stereocenters. The quantitative estimate of drug-likeness (QED) is 0.808. The summed E-state index contributed by atoms with van der Waals surface area (Å²) in [7, 11) is 1.54. The fourth-order valence-corrected chi connectivity index (χ4v) is 1.91. The van der Waals surface area contributed by atoms with Crippen LogP contribution in [0.1, 0.15) is 23.7 Å². The van der Waals surface area contributed by atoms with Gasteiger partial charge in [0.25, 0.3) is 0 Å². The lowest BCUT2D eigenvalue weighted by Gasteiger charge is -2.19. The predicted molar refractivity (Wildman–Crippen MR) is 64.9 cm³/mol. The molecule has 0 fully saturated rings. The highest BCUT2D eigenvalue weighted by Gasteiger charge is 2.20. The Morgan fingerprint density at radius 1 is 1.50 bits per heavy atom. The van der Waals surface area contributed by atoms with E-state index in [1.165, 1.54) is 13.3 Å². The zero-order valence-corrected chi connectivity index (χ0v) is 10.9. The molecule has 1 aromatic heterocycles. The Kier molecular flexibility index (Phi) is 5.18. The van der Waals surface area contributed by atoms with Crippen molar-refractivity contribution in [2.45, 2.75) is 25.6 Å². The first-order valence-corrected chi connectivity index (χ1v) is 6.15. The molecule has 0 spiro atoms. The molecule has 5 heteroatoms. The number of halogens is 1. The Morgan fingerprint density at radius 3 is 2.69 bits per heavy atom. The van der Waals surface area contributed by atoms with Gasteiger partial charge in [0.2, 0.25) is 5.88 Å². The molecule has 1 heterocycles. The largest absolute Gasteiger partial charge is 0.481 e. The lowest BCUT2D eigenvalue weighted by atomic mass is 10.0. The van der Waals surface area contributed by atoms with Crippen molar-refractivity contribution in [1.82, 2.24) is 4.98 Å². The lowest BCUT2D eigenvalue weighted by molar-refractivity contribution is 0.0167. The molecular formula is C11H16BrNO3. The van der Waals surface area contributed by atoms with Gasteiger partial charge in [0.15, 0.2) is 0 Å². The Hall–Kier alpha value is -0.650. The molecule has 4 nitrogen and oxygen atoms in total. The van der Waals surface area contributed by atoms with E-state index in [4.69, 9.17) is 4.74 Å². The first-order valence-electron chi connectivity index (χ1n) is 5.02. The van der Waals surface area contributed by atoms with Crippen LogP contribution in [0.3, 0.4) is 0 Å². The molecule has 1 aromatic rings. The van der Waals surface area contributed by atoms with Gasteiger partial charge >= 0.3 is 0 Å². The molecule has 0 amide bonds. The predicted octanol–water partition coefficient (Wildman–Crippen LogP) is 1.58. The van der Waals surface area contributed by atoms with Gasteiger partial charge in [-0.05, 0) is 18.9 Å². The number of nitrogens with zero attached hydrogens (tertiary/aromatic N) is 1. The van der Waals surface area contributed by atoms with Crippen molar-refractivity contribution in [3.63, 3.8) is 0 Å². The molecule has 2 atom stereocenters. The van der Waals surface area contributed by atoms with Gasteiger partial charge in [0, 0.05) is 23.2 Å². The third kappa shape index (κ3) is 3.17. The van der Waals surface area contributed by atoms with Crippen LogP contribution < -0.4 is 4.74 Å². The van der Waals surface area contributed by atoms with Crippen LogP contribution in [0.15, 0.2) is 12.3 Å². The number of pyridine rings is 1. The van der Waals surface area contributed by atoms with Gasteiger partial charge < -0.3 is 14.9 Å². The van der Waals surface area contributed by atoms with E-state index in [0.29, 0.717) is 23.2 Å². The third-order valence-electron chi connectivity index (χ3n) is 2.42. The Bertz CT molecular complexity index is 346. The van der Waals surface area contributed by atoms with Crippen LogP contribution in [0.5, 0.6) is 5.88 Å². The van der Waals surface area contributed by atoms with Gasteiger partial charge in [0.1, 0.15) is 6.10 Å². The highest BCUT2D eigenvalue weighted by Crippen LogP contribution is 2.24. The maximum atomic E-state index is 9.91. The second kappa shape index (κ2) is 6.18. The summed E-state index contributed by atoms with van der Waals surface area (Å²) in [6, 6.07) is 1.74. The summed E-state index contributed by atoms with van der Waals surface area (Å²) in [6.45, 7) is 1.85. The van der Waals surface area contributed by atoms with Crippen LogP contribution in [0.4, 0.5) is 0 Å². The average Bonchev–Trinajstić information content (AvgIpc) is 2.28. The topological polar surface area (TPSA) is 62.6 Å². The number of aliphatic hydroxyl groups excluding tert-OH is 2. The Morgan fingerprint density at radius 2 is 2.19 bits per heavy atom. The maximum absolute atomic E-state index is 9.91. The normalized spacial score (nSPS) is 14.6. The van der Waals surface area contributed by atoms with E-state index < -0.39 is 12.2 Å². The zero-order chi connectivity index (χ0) is 12.1. The zero-order valence-electron chi connectivity index (χ0n) is 9.35. The number of alkyl halides is 1. The first-order chi connectivity index (χ1) is 7.60. The number of hydrogen-bond acceptors (Lipinski definition) is 4. The molecule has 0 saturated heterocycles. The molecule has 1 rings (SSSR count). The first kappa shape index (κ1) is 13.4. The monoisotopic (exact) mass is 289 g/mol. The smallest absolute Gasteiger partial charge is 0.213 e. The third-order valence-corrected chi connectivity index (χ3v) is 2.88. The van der Waals surface area contributed by atoms with Crippen LogP contribution >= 0.6 is 15.9 Å². The highest BCUT2D eigenvalue weighted by molar-refractivity contribution is 9.09. The number of aryl methyl sites for hydroxylation is 1. The van der Waals surface area contributed by atoms with Crippen LogP contribution in [0, 0.1) is 6.92 Å². The molecule has 0 bridgehead atoms. The molecule has 0 aliphatic carbocycles. The number of aromatic nitrogens is 1. The second-order valence-electron chi connectivity index (χ2n) is 3.57. The number of methoxy groups -OCH3 is 1. The maximum Gasteiger partial charge on any atom is 0.213 e.